The van der Waals surface area contributed by atoms with Gasteiger partial charge < -0.3 is 10.2 Å². The number of carbonyl (C=O) groups is 1. The summed E-state index contributed by atoms with van der Waals surface area (Å²) in [6.45, 7) is 2.94. The Morgan fingerprint density at radius 3 is 2.44 bits per heavy atom. The van der Waals surface area contributed by atoms with Crippen LogP contribution in [0.5, 0.6) is 0 Å². The number of hydrogen-bond donors (Lipinski definition) is 1. The van der Waals surface area contributed by atoms with E-state index < -0.39 is 17.5 Å². The van der Waals surface area contributed by atoms with Gasteiger partial charge in [-0.25, -0.2) is 8.78 Å². The van der Waals surface area contributed by atoms with Crippen molar-refractivity contribution in [3.05, 3.63) is 34.9 Å². The molecular weight excluding hydrogens is 262 g/mol. The smallest absolute Gasteiger partial charge is 0.256 e. The zero-order chi connectivity index (χ0) is 12.6. The van der Waals surface area contributed by atoms with E-state index in [4.69, 9.17) is 0 Å². The maximum atomic E-state index is 13.5. The first-order chi connectivity index (χ1) is 8.00. The minimum absolute atomic E-state index is 0. The van der Waals surface area contributed by atoms with Crippen LogP contribution in [0.15, 0.2) is 12.1 Å². The summed E-state index contributed by atoms with van der Waals surface area (Å²) in [5.74, 6) is -1.85. The van der Waals surface area contributed by atoms with Crippen molar-refractivity contribution in [2.45, 2.75) is 13.0 Å². The van der Waals surface area contributed by atoms with Crippen molar-refractivity contribution in [2.24, 2.45) is 0 Å². The minimum Gasteiger partial charge on any atom is -0.336 e. The zero-order valence-electron chi connectivity index (χ0n) is 10.2. The number of hydrogen-bond acceptors (Lipinski definition) is 2. The Balaban J connectivity index is 0.00000162. The molecule has 1 heterocycles. The standard InChI is InChI=1S/C12H14F2N2O.ClH/c1-7-3-9(11(14)4-10(7)13)12(17)16(2)8-5-15-6-8;/h3-4,8,15H,5-6H2,1-2H3;1H. The highest BCUT2D eigenvalue weighted by atomic mass is 35.5. The number of aryl methyl sites for hydroxylation is 1. The number of halogens is 3. The normalized spacial score (nSPS) is 14.7. The third kappa shape index (κ3) is 2.62. The first-order valence-electron chi connectivity index (χ1n) is 5.44. The van der Waals surface area contributed by atoms with E-state index in [1.165, 1.54) is 17.9 Å². The third-order valence-electron chi connectivity index (χ3n) is 3.11. The summed E-state index contributed by atoms with van der Waals surface area (Å²) in [6.07, 6.45) is 0. The van der Waals surface area contributed by atoms with Crippen molar-refractivity contribution in [1.82, 2.24) is 10.2 Å². The number of amides is 1. The molecule has 6 heteroatoms. The quantitative estimate of drug-likeness (QED) is 0.892. The molecule has 100 valence electrons. The third-order valence-corrected chi connectivity index (χ3v) is 3.11. The van der Waals surface area contributed by atoms with Crippen molar-refractivity contribution in [3.63, 3.8) is 0 Å². The molecule has 1 saturated heterocycles. The van der Waals surface area contributed by atoms with Gasteiger partial charge in [0.25, 0.3) is 5.91 Å². The summed E-state index contributed by atoms with van der Waals surface area (Å²) < 4.78 is 26.6. The van der Waals surface area contributed by atoms with Crippen LogP contribution in [-0.2, 0) is 0 Å². The molecule has 3 nitrogen and oxygen atoms in total. The lowest BCUT2D eigenvalue weighted by atomic mass is 10.1. The molecule has 1 aliphatic rings. The highest BCUT2D eigenvalue weighted by molar-refractivity contribution is 5.94. The SMILES string of the molecule is Cc1cc(C(=O)N(C)C2CNC2)c(F)cc1F.Cl. The molecule has 1 amide bonds. The predicted octanol–water partition coefficient (Wildman–Crippen LogP) is 1.74. The molecular formula is C12H15ClF2N2O. The van der Waals surface area contributed by atoms with Crippen molar-refractivity contribution >= 4 is 18.3 Å². The molecule has 1 aromatic rings. The Morgan fingerprint density at radius 1 is 1.33 bits per heavy atom. The van der Waals surface area contributed by atoms with Crippen LogP contribution >= 0.6 is 12.4 Å². The fraction of sp³-hybridized carbons (Fsp3) is 0.417. The van der Waals surface area contributed by atoms with Crippen LogP contribution in [0.4, 0.5) is 8.78 Å². The van der Waals surface area contributed by atoms with E-state index in [9.17, 15) is 13.6 Å². The van der Waals surface area contributed by atoms with Crippen LogP contribution in [0, 0.1) is 18.6 Å². The average molecular weight is 277 g/mol. The number of carbonyl (C=O) groups excluding carboxylic acids is 1. The summed E-state index contributed by atoms with van der Waals surface area (Å²) >= 11 is 0. The van der Waals surface area contributed by atoms with Crippen molar-refractivity contribution in [2.75, 3.05) is 20.1 Å². The Bertz CT molecular complexity index is 464. The van der Waals surface area contributed by atoms with Gasteiger partial charge >= 0.3 is 0 Å². The molecule has 0 aromatic heterocycles. The van der Waals surface area contributed by atoms with Crippen molar-refractivity contribution < 1.29 is 13.6 Å². The minimum atomic E-state index is -0.808. The molecule has 0 aliphatic carbocycles. The Morgan fingerprint density at radius 2 is 1.94 bits per heavy atom. The molecule has 18 heavy (non-hydrogen) atoms. The largest absolute Gasteiger partial charge is 0.336 e. The van der Waals surface area contributed by atoms with Gasteiger partial charge in [-0.2, -0.15) is 0 Å². The second-order valence-electron chi connectivity index (χ2n) is 4.31. The van der Waals surface area contributed by atoms with Gasteiger partial charge in [0.2, 0.25) is 0 Å². The fourth-order valence-corrected chi connectivity index (χ4v) is 1.72. The number of nitrogens with zero attached hydrogens (tertiary/aromatic N) is 1. The molecule has 0 spiro atoms. The molecule has 0 unspecified atom stereocenters. The van der Waals surface area contributed by atoms with Gasteiger partial charge in [-0.3, -0.25) is 4.79 Å². The van der Waals surface area contributed by atoms with E-state index in [0.717, 1.165) is 6.07 Å². The zero-order valence-corrected chi connectivity index (χ0v) is 11.0. The lowest BCUT2D eigenvalue weighted by Crippen LogP contribution is -2.57. The van der Waals surface area contributed by atoms with E-state index >= 15 is 0 Å². The lowest BCUT2D eigenvalue weighted by Gasteiger charge is -2.35. The van der Waals surface area contributed by atoms with Gasteiger partial charge in [0.15, 0.2) is 0 Å². The lowest BCUT2D eigenvalue weighted by molar-refractivity contribution is 0.0676. The van der Waals surface area contributed by atoms with Crippen molar-refractivity contribution in [1.29, 1.82) is 0 Å². The van der Waals surface area contributed by atoms with E-state index in [-0.39, 0.29) is 29.6 Å². The first kappa shape index (κ1) is 14.9. The number of nitrogens with one attached hydrogen (secondary N) is 1. The highest BCUT2D eigenvalue weighted by Gasteiger charge is 2.27. The topological polar surface area (TPSA) is 32.3 Å². The molecule has 1 aliphatic heterocycles. The number of benzene rings is 1. The molecule has 0 radical (unpaired) electrons. The molecule has 1 aromatic carbocycles. The van der Waals surface area contributed by atoms with Gasteiger partial charge in [-0.15, -0.1) is 12.4 Å². The van der Waals surface area contributed by atoms with E-state index in [1.807, 2.05) is 0 Å². The van der Waals surface area contributed by atoms with Crippen LogP contribution in [0.2, 0.25) is 0 Å². The maximum Gasteiger partial charge on any atom is 0.256 e. The monoisotopic (exact) mass is 276 g/mol. The van der Waals surface area contributed by atoms with Gasteiger partial charge in [0.1, 0.15) is 11.6 Å². The Kier molecular flexibility index (Phi) is 4.65. The Labute approximate surface area is 111 Å². The van der Waals surface area contributed by atoms with Crippen LogP contribution in [-0.4, -0.2) is 37.0 Å². The Hall–Kier alpha value is -1.20. The molecule has 1 N–H and O–H groups in total. The number of rotatable bonds is 2. The van der Waals surface area contributed by atoms with Crippen molar-refractivity contribution in [3.8, 4) is 0 Å². The van der Waals surface area contributed by atoms with Crippen LogP contribution in [0.25, 0.3) is 0 Å². The van der Waals surface area contributed by atoms with Gasteiger partial charge in [0, 0.05) is 26.2 Å². The van der Waals surface area contributed by atoms with Crippen LogP contribution in [0.1, 0.15) is 15.9 Å². The molecule has 0 bridgehead atoms. The van der Waals surface area contributed by atoms with Crippen LogP contribution in [0.3, 0.4) is 0 Å². The summed E-state index contributed by atoms with van der Waals surface area (Å²) in [5.41, 5.74) is 0.202. The van der Waals surface area contributed by atoms with E-state index in [2.05, 4.69) is 5.32 Å². The first-order valence-corrected chi connectivity index (χ1v) is 5.44. The van der Waals surface area contributed by atoms with Gasteiger partial charge in [-0.1, -0.05) is 0 Å². The van der Waals surface area contributed by atoms with Gasteiger partial charge in [-0.05, 0) is 18.6 Å². The molecule has 1 fully saturated rings. The molecule has 2 rings (SSSR count). The van der Waals surface area contributed by atoms with E-state index in [1.54, 1.807) is 7.05 Å². The summed E-state index contributed by atoms with van der Waals surface area (Å²) in [7, 11) is 1.63. The van der Waals surface area contributed by atoms with Gasteiger partial charge in [0.05, 0.1) is 11.6 Å². The second kappa shape index (κ2) is 5.63. The maximum absolute atomic E-state index is 13.5. The molecule has 0 atom stereocenters. The molecule has 0 saturated carbocycles. The predicted molar refractivity (Wildman–Crippen MR) is 67.1 cm³/mol. The second-order valence-corrected chi connectivity index (χ2v) is 4.31. The fourth-order valence-electron chi connectivity index (χ4n) is 1.72. The highest BCUT2D eigenvalue weighted by Crippen LogP contribution is 2.17. The summed E-state index contributed by atoms with van der Waals surface area (Å²) in [5, 5.41) is 3.04. The number of likely N-dealkylation sites (N-methyl/N-ethyl adjacent to an activating group) is 1. The van der Waals surface area contributed by atoms with E-state index in [0.29, 0.717) is 13.1 Å². The van der Waals surface area contributed by atoms with Crippen LogP contribution < -0.4 is 5.32 Å². The average Bonchev–Trinajstić information content (AvgIpc) is 2.20. The summed E-state index contributed by atoms with van der Waals surface area (Å²) in [4.78, 5) is 13.5. The summed E-state index contributed by atoms with van der Waals surface area (Å²) in [6, 6.07) is 2.11.